The fraction of sp³-hybridized carbons (Fsp3) is 0.333. The third-order valence-electron chi connectivity index (χ3n) is 4.29. The lowest BCUT2D eigenvalue weighted by molar-refractivity contribution is -0.167. The van der Waals surface area contributed by atoms with Crippen molar-refractivity contribution < 1.29 is 14.3 Å². The molecule has 2 aromatic rings. The number of benzene rings is 1. The normalized spacial score (nSPS) is 20.6. The van der Waals surface area contributed by atoms with E-state index < -0.39 is 12.1 Å². The third-order valence-corrected chi connectivity index (χ3v) is 5.40. The van der Waals surface area contributed by atoms with Gasteiger partial charge in [0, 0.05) is 24.0 Å². The minimum atomic E-state index is -0.742. The molecule has 1 saturated heterocycles. The molecule has 0 unspecified atom stereocenters. The molecule has 0 radical (unpaired) electrons. The predicted octanol–water partition coefficient (Wildman–Crippen LogP) is 2.96. The molecule has 0 aliphatic carbocycles. The van der Waals surface area contributed by atoms with Gasteiger partial charge in [-0.1, -0.05) is 29.8 Å². The van der Waals surface area contributed by atoms with Gasteiger partial charge in [-0.15, -0.1) is 11.3 Å². The van der Waals surface area contributed by atoms with Crippen LogP contribution < -0.4 is 0 Å². The Bertz CT molecular complexity index is 748. The minimum Gasteiger partial charge on any atom is -0.356 e. The molecule has 1 aromatic carbocycles. The molecule has 0 saturated carbocycles. The molecule has 7 heteroatoms. The number of thiophene rings is 1. The fourth-order valence-corrected chi connectivity index (χ4v) is 3.79. The second-order valence-electron chi connectivity index (χ2n) is 6.01. The summed E-state index contributed by atoms with van der Waals surface area (Å²) in [5.41, 5.74) is 0.822. The van der Waals surface area contributed by atoms with Crippen molar-refractivity contribution in [3.63, 3.8) is 0 Å². The molecule has 0 bridgehead atoms. The van der Waals surface area contributed by atoms with E-state index in [9.17, 15) is 9.59 Å². The number of hydrogen-bond donors (Lipinski definition) is 0. The van der Waals surface area contributed by atoms with Gasteiger partial charge >= 0.3 is 0 Å². The molecular weight excluding hydrogens is 360 g/mol. The quantitative estimate of drug-likeness (QED) is 0.821. The molecule has 3 rings (SSSR count). The maximum Gasteiger partial charge on any atom is 0.254 e. The molecule has 2 amide bonds. The van der Waals surface area contributed by atoms with E-state index in [0.717, 1.165) is 10.4 Å². The second kappa shape index (κ2) is 7.56. The van der Waals surface area contributed by atoms with Crippen molar-refractivity contribution in [2.24, 2.45) is 0 Å². The van der Waals surface area contributed by atoms with Crippen LogP contribution >= 0.6 is 22.9 Å². The van der Waals surface area contributed by atoms with Gasteiger partial charge in [0.2, 0.25) is 5.91 Å². The summed E-state index contributed by atoms with van der Waals surface area (Å²) in [4.78, 5) is 29.4. The lowest BCUT2D eigenvalue weighted by Gasteiger charge is -2.39. The van der Waals surface area contributed by atoms with Gasteiger partial charge in [0.15, 0.2) is 6.10 Å². The van der Waals surface area contributed by atoms with Crippen molar-refractivity contribution >= 4 is 34.8 Å². The summed E-state index contributed by atoms with van der Waals surface area (Å²) in [6.07, 6.45) is -0.742. The van der Waals surface area contributed by atoms with Crippen LogP contribution in [0.3, 0.4) is 0 Å². The Labute approximate surface area is 155 Å². The largest absolute Gasteiger partial charge is 0.356 e. The second-order valence-corrected chi connectivity index (χ2v) is 7.47. The van der Waals surface area contributed by atoms with E-state index in [4.69, 9.17) is 16.3 Å². The summed E-state index contributed by atoms with van der Waals surface area (Å²) in [5.74, 6) is -0.294. The van der Waals surface area contributed by atoms with Crippen LogP contribution in [0.25, 0.3) is 0 Å². The third kappa shape index (κ3) is 3.86. The first-order valence-corrected chi connectivity index (χ1v) is 9.13. The maximum absolute atomic E-state index is 13.0. The van der Waals surface area contributed by atoms with E-state index in [1.807, 2.05) is 29.6 Å². The van der Waals surface area contributed by atoms with Gasteiger partial charge < -0.3 is 14.5 Å². The molecule has 0 spiro atoms. The molecule has 1 fully saturated rings. The Morgan fingerprint density at radius 3 is 2.72 bits per heavy atom. The number of nitrogens with zero attached hydrogens (tertiary/aromatic N) is 2. The average Bonchev–Trinajstić information content (AvgIpc) is 3.10. The number of carbonyl (C=O) groups excluding carboxylic acids is 2. The number of hydrogen-bond acceptors (Lipinski definition) is 4. The summed E-state index contributed by atoms with van der Waals surface area (Å²) < 4.78 is 5.65. The first-order chi connectivity index (χ1) is 12.0. The zero-order chi connectivity index (χ0) is 18.0. The minimum absolute atomic E-state index is 0.0934. The van der Waals surface area contributed by atoms with E-state index in [1.165, 1.54) is 0 Å². The monoisotopic (exact) mass is 378 g/mol. The SMILES string of the molecule is CN(Cc1cccs1)C(=O)[C@H]1OCC(=O)N(C)[C@@H]1c1ccc(Cl)cc1. The summed E-state index contributed by atoms with van der Waals surface area (Å²) in [7, 11) is 3.45. The first kappa shape index (κ1) is 17.9. The maximum atomic E-state index is 13.0. The predicted molar refractivity (Wildman–Crippen MR) is 97.5 cm³/mol. The Morgan fingerprint density at radius 1 is 1.36 bits per heavy atom. The smallest absolute Gasteiger partial charge is 0.254 e. The molecular formula is C18H19ClN2O3S. The van der Waals surface area contributed by atoms with Gasteiger partial charge in [0.1, 0.15) is 6.61 Å². The summed E-state index contributed by atoms with van der Waals surface area (Å²) in [6.45, 7) is 0.422. The number of morpholine rings is 1. The Morgan fingerprint density at radius 2 is 2.08 bits per heavy atom. The van der Waals surface area contributed by atoms with Crippen LogP contribution in [0.2, 0.25) is 5.02 Å². The molecule has 1 aliphatic heterocycles. The number of likely N-dealkylation sites (N-methyl/N-ethyl adjacent to an activating group) is 2. The standard InChI is InChI=1S/C18H19ClN2O3S/c1-20(10-14-4-3-9-25-14)18(23)17-16(21(2)15(22)11-24-17)12-5-7-13(19)8-6-12/h3-9,16-17H,10-11H2,1-2H3/t16-,17+/m1/s1. The molecule has 0 N–H and O–H groups in total. The van der Waals surface area contributed by atoms with Gasteiger partial charge in [0.25, 0.3) is 5.91 Å². The number of carbonyl (C=O) groups is 2. The number of halogens is 1. The van der Waals surface area contributed by atoms with Crippen LogP contribution in [0, 0.1) is 0 Å². The van der Waals surface area contributed by atoms with Crippen molar-refractivity contribution in [3.05, 3.63) is 57.2 Å². The highest BCUT2D eigenvalue weighted by molar-refractivity contribution is 7.09. The highest BCUT2D eigenvalue weighted by Gasteiger charge is 2.41. The molecule has 2 atom stereocenters. The van der Waals surface area contributed by atoms with E-state index in [1.54, 1.807) is 47.4 Å². The van der Waals surface area contributed by atoms with Gasteiger partial charge in [-0.05, 0) is 29.1 Å². The first-order valence-electron chi connectivity index (χ1n) is 7.87. The number of rotatable bonds is 4. The molecule has 5 nitrogen and oxygen atoms in total. The number of amides is 2. The molecule has 1 aromatic heterocycles. The summed E-state index contributed by atoms with van der Waals surface area (Å²) >= 11 is 7.56. The Kier molecular flexibility index (Phi) is 5.42. The highest BCUT2D eigenvalue weighted by atomic mass is 35.5. The van der Waals surface area contributed by atoms with Gasteiger partial charge in [-0.3, -0.25) is 9.59 Å². The topological polar surface area (TPSA) is 49.9 Å². The van der Waals surface area contributed by atoms with E-state index >= 15 is 0 Å². The van der Waals surface area contributed by atoms with Crippen molar-refractivity contribution in [2.75, 3.05) is 20.7 Å². The van der Waals surface area contributed by atoms with Crippen LogP contribution in [0.15, 0.2) is 41.8 Å². The lowest BCUT2D eigenvalue weighted by Crippen LogP contribution is -2.53. The van der Waals surface area contributed by atoms with Crippen LogP contribution in [0.4, 0.5) is 0 Å². The lowest BCUT2D eigenvalue weighted by atomic mass is 9.97. The zero-order valence-corrected chi connectivity index (χ0v) is 15.6. The summed E-state index contributed by atoms with van der Waals surface area (Å²) in [6, 6.07) is 10.6. The van der Waals surface area contributed by atoms with Gasteiger partial charge in [-0.25, -0.2) is 0 Å². The van der Waals surface area contributed by atoms with Crippen LogP contribution in [0.5, 0.6) is 0 Å². The zero-order valence-electron chi connectivity index (χ0n) is 14.0. The van der Waals surface area contributed by atoms with Crippen LogP contribution in [-0.4, -0.2) is 48.4 Å². The Balaban J connectivity index is 1.84. The van der Waals surface area contributed by atoms with Crippen molar-refractivity contribution in [1.29, 1.82) is 0 Å². The van der Waals surface area contributed by atoms with E-state index in [-0.39, 0.29) is 18.4 Å². The number of ether oxygens (including phenoxy) is 1. The highest BCUT2D eigenvalue weighted by Crippen LogP contribution is 2.31. The fourth-order valence-electron chi connectivity index (χ4n) is 2.91. The summed E-state index contributed by atoms with van der Waals surface area (Å²) in [5, 5.41) is 2.58. The van der Waals surface area contributed by atoms with Crippen LogP contribution in [0.1, 0.15) is 16.5 Å². The van der Waals surface area contributed by atoms with Gasteiger partial charge in [-0.2, -0.15) is 0 Å². The molecule has 1 aliphatic rings. The van der Waals surface area contributed by atoms with Crippen molar-refractivity contribution in [2.45, 2.75) is 18.7 Å². The molecule has 2 heterocycles. The Hall–Kier alpha value is -1.89. The van der Waals surface area contributed by atoms with Crippen molar-refractivity contribution in [3.8, 4) is 0 Å². The average molecular weight is 379 g/mol. The van der Waals surface area contributed by atoms with Crippen LogP contribution in [-0.2, 0) is 20.9 Å². The molecule has 25 heavy (non-hydrogen) atoms. The van der Waals surface area contributed by atoms with Crippen molar-refractivity contribution in [1.82, 2.24) is 9.80 Å². The van der Waals surface area contributed by atoms with E-state index in [0.29, 0.717) is 11.6 Å². The molecule has 132 valence electrons. The van der Waals surface area contributed by atoms with Gasteiger partial charge in [0.05, 0.1) is 12.6 Å². The van der Waals surface area contributed by atoms with E-state index in [2.05, 4.69) is 0 Å².